The molecule has 1 heterocycles. The molecule has 78 valence electrons. The first-order valence-corrected chi connectivity index (χ1v) is 4.76. The van der Waals surface area contributed by atoms with Gasteiger partial charge in [0.1, 0.15) is 12.2 Å². The maximum Gasteiger partial charge on any atom is 0.270 e. The van der Waals surface area contributed by atoms with Crippen LogP contribution in [0, 0.1) is 11.3 Å². The molecule has 4 nitrogen and oxygen atoms in total. The lowest BCUT2D eigenvalue weighted by atomic mass is 10.1. The van der Waals surface area contributed by atoms with E-state index in [0.29, 0.717) is 11.6 Å². The summed E-state index contributed by atoms with van der Waals surface area (Å²) in [5.74, 6) is 0.0839. The first-order chi connectivity index (χ1) is 7.15. The molecule has 0 unspecified atom stereocenters. The quantitative estimate of drug-likeness (QED) is 0.756. The minimum Gasteiger partial charge on any atom is -0.338 e. The molecule has 0 atom stereocenters. The molecule has 1 N–H and O–H groups in total. The zero-order chi connectivity index (χ0) is 11.3. The number of nitriles is 1. The molecule has 4 heteroatoms. The number of amides is 1. The van der Waals surface area contributed by atoms with Gasteiger partial charge in [-0.1, -0.05) is 19.9 Å². The summed E-state index contributed by atoms with van der Waals surface area (Å²) < 4.78 is 0. The fraction of sp³-hybridized carbons (Fsp3) is 0.364. The van der Waals surface area contributed by atoms with E-state index in [9.17, 15) is 4.79 Å². The van der Waals surface area contributed by atoms with E-state index in [1.54, 1.807) is 12.3 Å². The molecule has 0 aliphatic heterocycles. The Hall–Kier alpha value is -1.89. The second-order valence-corrected chi connectivity index (χ2v) is 3.47. The molecule has 0 saturated heterocycles. The van der Waals surface area contributed by atoms with Gasteiger partial charge in [-0.3, -0.25) is 9.78 Å². The molecule has 0 fully saturated rings. The Kier molecular flexibility index (Phi) is 3.81. The Morgan fingerprint density at radius 2 is 2.33 bits per heavy atom. The minimum absolute atomic E-state index is 0.00639. The second-order valence-electron chi connectivity index (χ2n) is 3.47. The summed E-state index contributed by atoms with van der Waals surface area (Å²) in [5, 5.41) is 10.7. The lowest BCUT2D eigenvalue weighted by molar-refractivity contribution is 0.0953. The van der Waals surface area contributed by atoms with Crippen LogP contribution in [0.15, 0.2) is 18.3 Å². The number of nitrogens with zero attached hydrogens (tertiary/aromatic N) is 2. The van der Waals surface area contributed by atoms with E-state index in [1.807, 2.05) is 12.1 Å². The van der Waals surface area contributed by atoms with Gasteiger partial charge in [-0.15, -0.1) is 0 Å². The molecule has 0 saturated carbocycles. The number of hydrogen-bond donors (Lipinski definition) is 1. The Labute approximate surface area is 88.9 Å². The number of nitrogens with one attached hydrogen (secondary N) is 1. The standard InChI is InChI=1S/C11H13N3O/c1-8(2)9-3-4-10(14-7-9)11(15)13-6-5-12/h3-4,7-8H,6H2,1-2H3,(H,13,15). The summed E-state index contributed by atoms with van der Waals surface area (Å²) in [6.07, 6.45) is 1.69. The summed E-state index contributed by atoms with van der Waals surface area (Å²) in [5.41, 5.74) is 1.43. The molecule has 1 amide bonds. The van der Waals surface area contributed by atoms with Crippen LogP contribution in [0.1, 0.15) is 35.8 Å². The fourth-order valence-corrected chi connectivity index (χ4v) is 1.09. The van der Waals surface area contributed by atoms with Crippen LogP contribution in [0.2, 0.25) is 0 Å². The second kappa shape index (κ2) is 5.11. The fourth-order valence-electron chi connectivity index (χ4n) is 1.09. The Bertz CT molecular complexity index is 376. The number of hydrogen-bond acceptors (Lipinski definition) is 3. The Morgan fingerprint density at radius 1 is 1.60 bits per heavy atom. The highest BCUT2D eigenvalue weighted by atomic mass is 16.1. The van der Waals surface area contributed by atoms with Gasteiger partial charge in [-0.2, -0.15) is 5.26 Å². The molecule has 1 aromatic rings. The molecule has 1 rings (SSSR count). The smallest absolute Gasteiger partial charge is 0.270 e. The topological polar surface area (TPSA) is 65.8 Å². The van der Waals surface area contributed by atoms with Gasteiger partial charge in [0.15, 0.2) is 0 Å². The van der Waals surface area contributed by atoms with Gasteiger partial charge in [0.05, 0.1) is 6.07 Å². The summed E-state index contributed by atoms with van der Waals surface area (Å²) in [7, 11) is 0. The molecule has 0 bridgehead atoms. The maximum atomic E-state index is 11.4. The van der Waals surface area contributed by atoms with Crippen molar-refractivity contribution in [2.24, 2.45) is 0 Å². The van der Waals surface area contributed by atoms with Crippen LogP contribution in [-0.2, 0) is 0 Å². The maximum absolute atomic E-state index is 11.4. The normalized spacial score (nSPS) is 9.73. The van der Waals surface area contributed by atoms with Crippen LogP contribution in [0.25, 0.3) is 0 Å². The Balaban J connectivity index is 2.72. The van der Waals surface area contributed by atoms with Gasteiger partial charge >= 0.3 is 0 Å². The minimum atomic E-state index is -0.313. The van der Waals surface area contributed by atoms with Gasteiger partial charge < -0.3 is 5.32 Å². The lowest BCUT2D eigenvalue weighted by Crippen LogP contribution is -2.24. The van der Waals surface area contributed by atoms with Crippen LogP contribution < -0.4 is 5.32 Å². The van der Waals surface area contributed by atoms with Gasteiger partial charge in [-0.05, 0) is 17.5 Å². The van der Waals surface area contributed by atoms with Crippen molar-refractivity contribution in [2.45, 2.75) is 19.8 Å². The SMILES string of the molecule is CC(C)c1ccc(C(=O)NCC#N)nc1. The van der Waals surface area contributed by atoms with E-state index >= 15 is 0 Å². The summed E-state index contributed by atoms with van der Waals surface area (Å²) >= 11 is 0. The van der Waals surface area contributed by atoms with Crippen LogP contribution >= 0.6 is 0 Å². The molecular formula is C11H13N3O. The average molecular weight is 203 g/mol. The van der Waals surface area contributed by atoms with Crippen molar-refractivity contribution in [3.63, 3.8) is 0 Å². The average Bonchev–Trinajstić information content (AvgIpc) is 2.26. The number of pyridine rings is 1. The molecule has 0 aliphatic rings. The largest absolute Gasteiger partial charge is 0.338 e. The molecule has 0 radical (unpaired) electrons. The first kappa shape index (κ1) is 11.2. The highest BCUT2D eigenvalue weighted by Gasteiger charge is 2.06. The third-order valence-electron chi connectivity index (χ3n) is 2.01. The van der Waals surface area contributed by atoms with Gasteiger partial charge in [-0.25, -0.2) is 0 Å². The monoisotopic (exact) mass is 203 g/mol. The lowest BCUT2D eigenvalue weighted by Gasteiger charge is -2.05. The Morgan fingerprint density at radius 3 is 2.80 bits per heavy atom. The highest BCUT2D eigenvalue weighted by molar-refractivity contribution is 5.92. The van der Waals surface area contributed by atoms with E-state index in [2.05, 4.69) is 24.1 Å². The van der Waals surface area contributed by atoms with Gasteiger partial charge in [0, 0.05) is 6.20 Å². The van der Waals surface area contributed by atoms with Gasteiger partial charge in [0.2, 0.25) is 0 Å². The van der Waals surface area contributed by atoms with Crippen LogP contribution in [0.5, 0.6) is 0 Å². The van der Waals surface area contributed by atoms with Crippen molar-refractivity contribution in [1.29, 1.82) is 5.26 Å². The zero-order valence-electron chi connectivity index (χ0n) is 8.82. The zero-order valence-corrected chi connectivity index (χ0v) is 8.82. The summed E-state index contributed by atoms with van der Waals surface area (Å²) in [4.78, 5) is 15.4. The first-order valence-electron chi connectivity index (χ1n) is 4.76. The highest BCUT2D eigenvalue weighted by Crippen LogP contribution is 2.12. The van der Waals surface area contributed by atoms with Crippen LogP contribution in [0.4, 0.5) is 0 Å². The predicted molar refractivity (Wildman–Crippen MR) is 56.3 cm³/mol. The molecule has 15 heavy (non-hydrogen) atoms. The van der Waals surface area contributed by atoms with Crippen LogP contribution in [0.3, 0.4) is 0 Å². The van der Waals surface area contributed by atoms with E-state index in [-0.39, 0.29) is 12.5 Å². The molecule has 0 aliphatic carbocycles. The molecular weight excluding hydrogens is 190 g/mol. The molecule has 1 aromatic heterocycles. The van der Waals surface area contributed by atoms with Crippen molar-refractivity contribution in [2.75, 3.05) is 6.54 Å². The van der Waals surface area contributed by atoms with E-state index in [0.717, 1.165) is 5.56 Å². The third-order valence-corrected chi connectivity index (χ3v) is 2.01. The van der Waals surface area contributed by atoms with Crippen molar-refractivity contribution >= 4 is 5.91 Å². The van der Waals surface area contributed by atoms with E-state index in [1.165, 1.54) is 0 Å². The summed E-state index contributed by atoms with van der Waals surface area (Å²) in [6.45, 7) is 4.13. The number of rotatable bonds is 3. The molecule has 0 spiro atoms. The van der Waals surface area contributed by atoms with E-state index < -0.39 is 0 Å². The van der Waals surface area contributed by atoms with Crippen molar-refractivity contribution < 1.29 is 4.79 Å². The number of carbonyl (C=O) groups is 1. The third kappa shape index (κ3) is 3.06. The number of carbonyl (C=O) groups excluding carboxylic acids is 1. The summed E-state index contributed by atoms with van der Waals surface area (Å²) in [6, 6.07) is 5.38. The van der Waals surface area contributed by atoms with Crippen molar-refractivity contribution in [3.8, 4) is 6.07 Å². The number of aromatic nitrogens is 1. The van der Waals surface area contributed by atoms with E-state index in [4.69, 9.17) is 5.26 Å². The van der Waals surface area contributed by atoms with Crippen molar-refractivity contribution in [3.05, 3.63) is 29.6 Å². The van der Waals surface area contributed by atoms with Gasteiger partial charge in [0.25, 0.3) is 5.91 Å². The van der Waals surface area contributed by atoms with Crippen molar-refractivity contribution in [1.82, 2.24) is 10.3 Å². The molecule has 0 aromatic carbocycles. The predicted octanol–water partition coefficient (Wildman–Crippen LogP) is 1.46. The van der Waals surface area contributed by atoms with Crippen LogP contribution in [-0.4, -0.2) is 17.4 Å².